The zero-order chi connectivity index (χ0) is 18.2. The Balaban J connectivity index is 2.01. The number of alkyl halides is 3. The number of hydrogen-bond donors (Lipinski definition) is 1. The molecule has 1 heterocycles. The lowest BCUT2D eigenvalue weighted by molar-refractivity contribution is -0.264. The van der Waals surface area contributed by atoms with Gasteiger partial charge in [-0.1, -0.05) is 23.7 Å². The quantitative estimate of drug-likeness (QED) is 0.645. The van der Waals surface area contributed by atoms with E-state index in [2.05, 4.69) is 4.98 Å². The van der Waals surface area contributed by atoms with Gasteiger partial charge in [0.1, 0.15) is 5.01 Å². The van der Waals surface area contributed by atoms with Gasteiger partial charge in [-0.15, -0.1) is 11.3 Å². The zero-order valence-electron chi connectivity index (χ0n) is 12.5. The van der Waals surface area contributed by atoms with Crippen molar-refractivity contribution in [2.24, 2.45) is 0 Å². The molecule has 0 saturated carbocycles. The van der Waals surface area contributed by atoms with E-state index >= 15 is 0 Å². The molecule has 3 nitrogen and oxygen atoms in total. The van der Waals surface area contributed by atoms with Crippen LogP contribution in [-0.4, -0.2) is 22.1 Å². The van der Waals surface area contributed by atoms with Gasteiger partial charge in [-0.2, -0.15) is 13.2 Å². The minimum absolute atomic E-state index is 0.0354. The fraction of sp³-hybridized carbons (Fsp3) is 0.176. The maximum atomic E-state index is 13.6. The first-order valence-electron chi connectivity index (χ1n) is 7.14. The molecule has 130 valence electrons. The van der Waals surface area contributed by atoms with Crippen LogP contribution in [0.15, 0.2) is 48.5 Å². The Hall–Kier alpha value is -1.96. The molecule has 0 fully saturated rings. The van der Waals surface area contributed by atoms with E-state index < -0.39 is 29.0 Å². The lowest BCUT2D eigenvalue weighted by Gasteiger charge is -2.27. The number of halogens is 4. The number of carbonyl (C=O) groups excluding carboxylic acids is 1. The third-order valence-corrected chi connectivity index (χ3v) is 5.14. The lowest BCUT2D eigenvalue weighted by Crippen LogP contribution is -2.44. The van der Waals surface area contributed by atoms with Gasteiger partial charge in [-0.3, -0.25) is 4.79 Å². The molecule has 1 atom stereocenters. The third-order valence-electron chi connectivity index (χ3n) is 3.70. The van der Waals surface area contributed by atoms with Crippen molar-refractivity contribution in [2.45, 2.75) is 18.2 Å². The van der Waals surface area contributed by atoms with Gasteiger partial charge in [-0.05, 0) is 36.4 Å². The van der Waals surface area contributed by atoms with E-state index in [1.807, 2.05) is 0 Å². The molecule has 0 spiro atoms. The summed E-state index contributed by atoms with van der Waals surface area (Å²) in [5.74, 6) is -0.851. The average molecular weight is 386 g/mol. The molecule has 1 N–H and O–H groups in total. The molecule has 0 bridgehead atoms. The number of benzene rings is 2. The van der Waals surface area contributed by atoms with Crippen LogP contribution in [-0.2, 0) is 5.60 Å². The zero-order valence-corrected chi connectivity index (χ0v) is 14.1. The highest BCUT2D eigenvalue weighted by Crippen LogP contribution is 2.44. The molecule has 3 rings (SSSR count). The van der Waals surface area contributed by atoms with Crippen LogP contribution in [0, 0.1) is 0 Å². The monoisotopic (exact) mass is 385 g/mol. The summed E-state index contributed by atoms with van der Waals surface area (Å²) in [6.07, 6.45) is -6.21. The number of fused-ring (bicyclic) bond motifs is 1. The summed E-state index contributed by atoms with van der Waals surface area (Å²) >= 11 is 6.43. The summed E-state index contributed by atoms with van der Waals surface area (Å²) < 4.78 is 41.3. The molecule has 0 saturated heterocycles. The molecular formula is C17H11ClF3NO2S. The van der Waals surface area contributed by atoms with Crippen LogP contribution in [0.1, 0.15) is 21.8 Å². The molecule has 1 aromatic heterocycles. The highest BCUT2D eigenvalue weighted by atomic mass is 35.5. The topological polar surface area (TPSA) is 50.2 Å². The van der Waals surface area contributed by atoms with Crippen LogP contribution >= 0.6 is 22.9 Å². The molecule has 0 aliphatic carbocycles. The molecule has 0 aliphatic heterocycles. The van der Waals surface area contributed by atoms with E-state index in [0.29, 0.717) is 26.6 Å². The second-order valence-electron chi connectivity index (χ2n) is 5.45. The van der Waals surface area contributed by atoms with Gasteiger partial charge in [0.15, 0.2) is 5.78 Å². The smallest absolute Gasteiger partial charge is 0.374 e. The second-order valence-corrected chi connectivity index (χ2v) is 6.92. The second kappa shape index (κ2) is 6.40. The maximum absolute atomic E-state index is 13.6. The Morgan fingerprint density at radius 3 is 2.36 bits per heavy atom. The SMILES string of the molecule is O=C(CC(O)(c1nc2ccccc2s1)C(F)(F)F)c1ccc(Cl)cc1. The predicted octanol–water partition coefficient (Wildman–Crippen LogP) is 4.97. The number of aliphatic hydroxyl groups is 1. The Morgan fingerprint density at radius 2 is 1.76 bits per heavy atom. The molecule has 2 aromatic carbocycles. The van der Waals surface area contributed by atoms with Crippen LogP contribution in [0.4, 0.5) is 13.2 Å². The molecule has 0 aliphatic rings. The standard InChI is InChI=1S/C17H11ClF3NO2S/c18-11-7-5-10(6-8-11)13(23)9-16(24,17(19,20)21)15-22-12-3-1-2-4-14(12)25-15/h1-8,24H,9H2. The molecular weight excluding hydrogens is 375 g/mol. The van der Waals surface area contributed by atoms with E-state index in [9.17, 15) is 23.1 Å². The van der Waals surface area contributed by atoms with Crippen molar-refractivity contribution in [3.63, 3.8) is 0 Å². The van der Waals surface area contributed by atoms with Crippen LogP contribution in [0.5, 0.6) is 0 Å². The Bertz CT molecular complexity index is 891. The summed E-state index contributed by atoms with van der Waals surface area (Å²) in [6.45, 7) is 0. The number of Topliss-reactive ketones (excluding diaryl/α,β-unsaturated/α-hetero) is 1. The molecule has 8 heteroatoms. The van der Waals surface area contributed by atoms with Gasteiger partial charge < -0.3 is 5.11 Å². The van der Waals surface area contributed by atoms with Crippen molar-refractivity contribution >= 4 is 38.9 Å². The first kappa shape index (κ1) is 17.8. The number of aromatic nitrogens is 1. The first-order valence-corrected chi connectivity index (χ1v) is 8.34. The normalized spacial score (nSPS) is 14.4. The Labute approximate surface area is 149 Å². The van der Waals surface area contributed by atoms with Crippen molar-refractivity contribution < 1.29 is 23.1 Å². The molecule has 25 heavy (non-hydrogen) atoms. The van der Waals surface area contributed by atoms with E-state index in [4.69, 9.17) is 11.6 Å². The Kier molecular flexibility index (Phi) is 4.57. The number of nitrogens with zero attached hydrogens (tertiary/aromatic N) is 1. The van der Waals surface area contributed by atoms with Gasteiger partial charge in [-0.25, -0.2) is 4.98 Å². The van der Waals surface area contributed by atoms with Gasteiger partial charge in [0.05, 0.1) is 16.6 Å². The number of para-hydroxylation sites is 1. The van der Waals surface area contributed by atoms with Gasteiger partial charge in [0.25, 0.3) is 0 Å². The molecule has 0 amide bonds. The highest BCUT2D eigenvalue weighted by molar-refractivity contribution is 7.18. The van der Waals surface area contributed by atoms with Crippen LogP contribution in [0.25, 0.3) is 10.2 Å². The molecule has 3 aromatic rings. The Morgan fingerprint density at radius 1 is 1.12 bits per heavy atom. The predicted molar refractivity (Wildman–Crippen MR) is 90.0 cm³/mol. The largest absolute Gasteiger partial charge is 0.424 e. The first-order chi connectivity index (χ1) is 11.7. The summed E-state index contributed by atoms with van der Waals surface area (Å²) in [6, 6.07) is 11.9. The van der Waals surface area contributed by atoms with E-state index in [1.165, 1.54) is 24.3 Å². The fourth-order valence-electron chi connectivity index (χ4n) is 2.32. The number of thiazole rings is 1. The van der Waals surface area contributed by atoms with Gasteiger partial charge >= 0.3 is 6.18 Å². The summed E-state index contributed by atoms with van der Waals surface area (Å²) in [5, 5.41) is 10.2. The van der Waals surface area contributed by atoms with E-state index in [0.717, 1.165) is 0 Å². The third kappa shape index (κ3) is 3.40. The maximum Gasteiger partial charge on any atom is 0.424 e. The van der Waals surface area contributed by atoms with E-state index in [1.54, 1.807) is 24.3 Å². The fourth-order valence-corrected chi connectivity index (χ4v) is 3.52. The van der Waals surface area contributed by atoms with Crippen molar-refractivity contribution in [1.29, 1.82) is 0 Å². The molecule has 0 radical (unpaired) electrons. The molecule has 1 unspecified atom stereocenters. The number of carbonyl (C=O) groups is 1. The van der Waals surface area contributed by atoms with Gasteiger partial charge in [0, 0.05) is 10.6 Å². The number of hydrogen-bond acceptors (Lipinski definition) is 4. The van der Waals surface area contributed by atoms with Crippen molar-refractivity contribution in [3.05, 3.63) is 64.1 Å². The van der Waals surface area contributed by atoms with Crippen LogP contribution in [0.2, 0.25) is 5.02 Å². The number of rotatable bonds is 4. The van der Waals surface area contributed by atoms with Gasteiger partial charge in [0.2, 0.25) is 5.60 Å². The highest BCUT2D eigenvalue weighted by Gasteiger charge is 2.58. The van der Waals surface area contributed by atoms with Crippen LogP contribution < -0.4 is 0 Å². The summed E-state index contributed by atoms with van der Waals surface area (Å²) in [4.78, 5) is 16.2. The minimum atomic E-state index is -5.05. The minimum Gasteiger partial charge on any atom is -0.374 e. The lowest BCUT2D eigenvalue weighted by atomic mass is 9.93. The summed E-state index contributed by atoms with van der Waals surface area (Å²) in [7, 11) is 0. The van der Waals surface area contributed by atoms with Crippen molar-refractivity contribution in [3.8, 4) is 0 Å². The van der Waals surface area contributed by atoms with E-state index in [-0.39, 0.29) is 5.56 Å². The average Bonchev–Trinajstić information content (AvgIpc) is 2.98. The van der Waals surface area contributed by atoms with Crippen LogP contribution in [0.3, 0.4) is 0 Å². The van der Waals surface area contributed by atoms with Crippen molar-refractivity contribution in [2.75, 3.05) is 0 Å². The summed E-state index contributed by atoms with van der Waals surface area (Å²) in [5.41, 5.74) is -2.98. The number of ketones is 1. The van der Waals surface area contributed by atoms with Crippen molar-refractivity contribution in [1.82, 2.24) is 4.98 Å².